The third-order valence-electron chi connectivity index (χ3n) is 4.48. The van der Waals surface area contributed by atoms with Crippen LogP contribution in [0.4, 0.5) is 0 Å². The Balaban J connectivity index is 1.51. The number of benzene rings is 1. The zero-order valence-corrected chi connectivity index (χ0v) is 15.6. The summed E-state index contributed by atoms with van der Waals surface area (Å²) in [6, 6.07) is 3.95. The summed E-state index contributed by atoms with van der Waals surface area (Å²) in [5, 5.41) is 4.02. The van der Waals surface area contributed by atoms with Gasteiger partial charge in [0.1, 0.15) is 13.2 Å². The normalized spacial score (nSPS) is 19.8. The highest BCUT2D eigenvalue weighted by molar-refractivity contribution is 6.32. The fourth-order valence-electron chi connectivity index (χ4n) is 3.21. The second-order valence-electron chi connectivity index (χ2n) is 6.44. The van der Waals surface area contributed by atoms with Crippen molar-refractivity contribution in [2.45, 2.75) is 12.8 Å². The Bertz CT molecular complexity index is 618. The molecule has 3 rings (SSSR count). The maximum Gasteiger partial charge on any atom is 0.193 e. The van der Waals surface area contributed by atoms with Crippen molar-refractivity contribution in [3.05, 3.63) is 22.7 Å². The van der Waals surface area contributed by atoms with E-state index in [1.165, 1.54) is 0 Å². The average molecular weight is 368 g/mol. The van der Waals surface area contributed by atoms with Crippen LogP contribution >= 0.6 is 11.6 Å². The van der Waals surface area contributed by atoms with Gasteiger partial charge >= 0.3 is 0 Å². The third-order valence-corrected chi connectivity index (χ3v) is 4.76. The van der Waals surface area contributed by atoms with Gasteiger partial charge in [-0.15, -0.1) is 0 Å². The SMILES string of the molecule is CN=C(NCCc1cc(Cl)c2c(c1)OCCO2)N(C)CC1CCOC1. The Morgan fingerprint density at radius 3 is 2.92 bits per heavy atom. The molecular weight excluding hydrogens is 342 g/mol. The third kappa shape index (κ3) is 4.70. The number of ether oxygens (including phenoxy) is 3. The van der Waals surface area contributed by atoms with Crippen LogP contribution in [0.2, 0.25) is 5.02 Å². The molecule has 1 aromatic rings. The monoisotopic (exact) mass is 367 g/mol. The lowest BCUT2D eigenvalue weighted by Crippen LogP contribution is -2.42. The lowest BCUT2D eigenvalue weighted by Gasteiger charge is -2.24. The Hall–Kier alpha value is -1.66. The molecule has 0 bridgehead atoms. The summed E-state index contributed by atoms with van der Waals surface area (Å²) in [5.74, 6) is 2.87. The molecule has 1 saturated heterocycles. The number of hydrogen-bond donors (Lipinski definition) is 1. The van der Waals surface area contributed by atoms with Gasteiger partial charge in [-0.1, -0.05) is 11.6 Å². The van der Waals surface area contributed by atoms with E-state index in [0.29, 0.717) is 29.9 Å². The van der Waals surface area contributed by atoms with Gasteiger partial charge in [-0.05, 0) is 30.5 Å². The van der Waals surface area contributed by atoms with E-state index in [1.807, 2.05) is 19.2 Å². The van der Waals surface area contributed by atoms with Crippen LogP contribution in [0.25, 0.3) is 0 Å². The second kappa shape index (κ2) is 8.63. The fourth-order valence-corrected chi connectivity index (χ4v) is 3.50. The molecule has 1 aromatic carbocycles. The number of fused-ring (bicyclic) bond motifs is 1. The zero-order valence-electron chi connectivity index (χ0n) is 14.9. The van der Waals surface area contributed by atoms with Crippen molar-refractivity contribution in [1.29, 1.82) is 0 Å². The summed E-state index contributed by atoms with van der Waals surface area (Å²) in [7, 11) is 3.87. The van der Waals surface area contributed by atoms with E-state index in [0.717, 1.165) is 56.4 Å². The number of nitrogens with zero attached hydrogens (tertiary/aromatic N) is 2. The Labute approximate surface area is 154 Å². The molecule has 6 nitrogen and oxygen atoms in total. The molecule has 138 valence electrons. The van der Waals surface area contributed by atoms with Crippen molar-refractivity contribution < 1.29 is 14.2 Å². The van der Waals surface area contributed by atoms with Crippen LogP contribution in [-0.2, 0) is 11.2 Å². The summed E-state index contributed by atoms with van der Waals surface area (Å²) >= 11 is 6.29. The van der Waals surface area contributed by atoms with Crippen LogP contribution in [0.5, 0.6) is 11.5 Å². The van der Waals surface area contributed by atoms with Crippen LogP contribution in [0.1, 0.15) is 12.0 Å². The van der Waals surface area contributed by atoms with Crippen molar-refractivity contribution in [3.63, 3.8) is 0 Å². The zero-order chi connectivity index (χ0) is 17.6. The quantitative estimate of drug-likeness (QED) is 0.638. The molecule has 0 amide bonds. The molecule has 2 aliphatic rings. The Morgan fingerprint density at radius 2 is 2.16 bits per heavy atom. The van der Waals surface area contributed by atoms with Gasteiger partial charge in [-0.2, -0.15) is 0 Å². The standard InChI is InChI=1S/C18H26ClN3O3/c1-20-18(22(2)11-14-4-6-23-12-14)21-5-3-13-9-15(19)17-16(10-13)24-7-8-25-17/h9-10,14H,3-8,11-12H2,1-2H3,(H,20,21). The lowest BCUT2D eigenvalue weighted by molar-refractivity contribution is 0.171. The van der Waals surface area contributed by atoms with Gasteiger partial charge in [0.2, 0.25) is 0 Å². The van der Waals surface area contributed by atoms with E-state index >= 15 is 0 Å². The maximum absolute atomic E-state index is 6.29. The molecule has 25 heavy (non-hydrogen) atoms. The Kier molecular flexibility index (Phi) is 6.26. The first-order valence-electron chi connectivity index (χ1n) is 8.75. The lowest BCUT2D eigenvalue weighted by atomic mass is 10.1. The number of halogens is 1. The van der Waals surface area contributed by atoms with E-state index in [4.69, 9.17) is 25.8 Å². The van der Waals surface area contributed by atoms with E-state index in [-0.39, 0.29) is 0 Å². The van der Waals surface area contributed by atoms with Gasteiger partial charge in [0.25, 0.3) is 0 Å². The van der Waals surface area contributed by atoms with Crippen molar-refractivity contribution in [1.82, 2.24) is 10.2 Å². The van der Waals surface area contributed by atoms with E-state index in [1.54, 1.807) is 0 Å². The minimum Gasteiger partial charge on any atom is -0.486 e. The molecule has 1 fully saturated rings. The maximum atomic E-state index is 6.29. The van der Waals surface area contributed by atoms with Crippen LogP contribution in [0.3, 0.4) is 0 Å². The first-order valence-corrected chi connectivity index (χ1v) is 9.12. The average Bonchev–Trinajstić information content (AvgIpc) is 3.11. The predicted octanol–water partition coefficient (Wildman–Crippen LogP) is 2.20. The highest BCUT2D eigenvalue weighted by Gasteiger charge is 2.19. The van der Waals surface area contributed by atoms with E-state index in [9.17, 15) is 0 Å². The molecule has 1 unspecified atom stereocenters. The first kappa shape index (κ1) is 18.1. The van der Waals surface area contributed by atoms with Crippen molar-refractivity contribution >= 4 is 17.6 Å². The van der Waals surface area contributed by atoms with E-state index in [2.05, 4.69) is 22.3 Å². The molecule has 7 heteroatoms. The summed E-state index contributed by atoms with van der Waals surface area (Å²) in [4.78, 5) is 6.53. The number of rotatable bonds is 5. The van der Waals surface area contributed by atoms with Gasteiger partial charge in [-0.25, -0.2) is 0 Å². The highest BCUT2D eigenvalue weighted by Crippen LogP contribution is 2.38. The van der Waals surface area contributed by atoms with Crippen LogP contribution in [0, 0.1) is 5.92 Å². The summed E-state index contributed by atoms with van der Waals surface area (Å²) in [5.41, 5.74) is 1.11. The van der Waals surface area contributed by atoms with Crippen LogP contribution < -0.4 is 14.8 Å². The molecule has 0 spiro atoms. The number of aliphatic imine (C=N–C) groups is 1. The van der Waals surface area contributed by atoms with Crippen molar-refractivity contribution in [2.75, 3.05) is 53.6 Å². The molecule has 2 aliphatic heterocycles. The summed E-state index contributed by atoms with van der Waals surface area (Å²) in [6.07, 6.45) is 1.95. The van der Waals surface area contributed by atoms with Crippen molar-refractivity contribution in [2.24, 2.45) is 10.9 Å². The highest BCUT2D eigenvalue weighted by atomic mass is 35.5. The number of nitrogens with one attached hydrogen (secondary N) is 1. The van der Waals surface area contributed by atoms with E-state index < -0.39 is 0 Å². The molecule has 1 N–H and O–H groups in total. The smallest absolute Gasteiger partial charge is 0.193 e. The molecule has 0 radical (unpaired) electrons. The van der Waals surface area contributed by atoms with Gasteiger partial charge < -0.3 is 24.4 Å². The molecule has 2 heterocycles. The minimum atomic E-state index is 0.544. The largest absolute Gasteiger partial charge is 0.486 e. The first-order chi connectivity index (χ1) is 12.2. The summed E-state index contributed by atoms with van der Waals surface area (Å²) in [6.45, 7) is 4.55. The van der Waals surface area contributed by atoms with Crippen molar-refractivity contribution in [3.8, 4) is 11.5 Å². The fraction of sp³-hybridized carbons (Fsp3) is 0.611. The van der Waals surface area contributed by atoms with Gasteiger partial charge in [0, 0.05) is 39.7 Å². The Morgan fingerprint density at radius 1 is 1.32 bits per heavy atom. The topological polar surface area (TPSA) is 55.3 Å². The van der Waals surface area contributed by atoms with Crippen LogP contribution in [-0.4, -0.2) is 64.5 Å². The predicted molar refractivity (Wildman–Crippen MR) is 99.1 cm³/mol. The van der Waals surface area contributed by atoms with Gasteiger partial charge in [-0.3, -0.25) is 4.99 Å². The second-order valence-corrected chi connectivity index (χ2v) is 6.84. The van der Waals surface area contributed by atoms with Crippen LogP contribution in [0.15, 0.2) is 17.1 Å². The molecule has 0 aliphatic carbocycles. The molecule has 1 atom stereocenters. The molecule has 0 saturated carbocycles. The van der Waals surface area contributed by atoms with Gasteiger partial charge in [0.05, 0.1) is 11.6 Å². The molecule has 0 aromatic heterocycles. The number of guanidine groups is 1. The van der Waals surface area contributed by atoms with Gasteiger partial charge in [0.15, 0.2) is 17.5 Å². The summed E-state index contributed by atoms with van der Waals surface area (Å²) < 4.78 is 16.6. The number of hydrogen-bond acceptors (Lipinski definition) is 4. The molecular formula is C18H26ClN3O3. The minimum absolute atomic E-state index is 0.544.